The zero-order valence-corrected chi connectivity index (χ0v) is 11.0. The Labute approximate surface area is 119 Å². The normalized spacial score (nSPS) is 17.4. The van der Waals surface area contributed by atoms with Crippen molar-refractivity contribution in [3.63, 3.8) is 0 Å². The molecule has 0 bridgehead atoms. The number of aromatic nitrogens is 1. The van der Waals surface area contributed by atoms with Crippen molar-refractivity contribution in [1.82, 2.24) is 4.98 Å². The van der Waals surface area contributed by atoms with E-state index in [2.05, 4.69) is 15.0 Å². The number of hydrogen-bond donors (Lipinski definition) is 1. The van der Waals surface area contributed by atoms with Gasteiger partial charge < -0.3 is 10.1 Å². The maximum Gasteiger partial charge on any atom is 0.573 e. The Morgan fingerprint density at radius 1 is 1.14 bits per heavy atom. The van der Waals surface area contributed by atoms with E-state index < -0.39 is 6.36 Å². The number of anilines is 1. The highest BCUT2D eigenvalue weighted by molar-refractivity contribution is 5.49. The van der Waals surface area contributed by atoms with Gasteiger partial charge in [-0.05, 0) is 48.7 Å². The zero-order chi connectivity index (χ0) is 14.9. The summed E-state index contributed by atoms with van der Waals surface area (Å²) in [5, 5.41) is 3.29. The van der Waals surface area contributed by atoms with E-state index in [4.69, 9.17) is 0 Å². The lowest BCUT2D eigenvalue weighted by atomic mass is 10.2. The fraction of sp³-hybridized carbons (Fsp3) is 0.267. The summed E-state index contributed by atoms with van der Waals surface area (Å²) in [5.41, 5.74) is 2.97. The van der Waals surface area contributed by atoms with Gasteiger partial charge in [-0.2, -0.15) is 0 Å². The Morgan fingerprint density at radius 3 is 2.62 bits per heavy atom. The monoisotopic (exact) mass is 294 g/mol. The van der Waals surface area contributed by atoms with Gasteiger partial charge in [0.25, 0.3) is 0 Å². The van der Waals surface area contributed by atoms with Crippen molar-refractivity contribution >= 4 is 5.69 Å². The first kappa shape index (κ1) is 13.7. The van der Waals surface area contributed by atoms with Gasteiger partial charge in [0.05, 0.1) is 11.7 Å². The molecule has 1 aliphatic rings. The average molecular weight is 294 g/mol. The molecule has 1 unspecified atom stereocenters. The van der Waals surface area contributed by atoms with Gasteiger partial charge in [0, 0.05) is 11.9 Å². The number of pyridine rings is 1. The molecule has 1 aliphatic carbocycles. The minimum atomic E-state index is -4.66. The number of rotatable bonds is 3. The van der Waals surface area contributed by atoms with Gasteiger partial charge >= 0.3 is 6.36 Å². The molecule has 0 radical (unpaired) electrons. The Bertz CT molecular complexity index is 626. The number of benzene rings is 1. The molecule has 0 amide bonds. The van der Waals surface area contributed by atoms with Crippen LogP contribution in [0.3, 0.4) is 0 Å². The molecule has 1 atom stereocenters. The van der Waals surface area contributed by atoms with Gasteiger partial charge in [-0.15, -0.1) is 13.2 Å². The van der Waals surface area contributed by atoms with Crippen LogP contribution in [0.25, 0.3) is 0 Å². The molecule has 1 N–H and O–H groups in total. The van der Waals surface area contributed by atoms with Crippen LogP contribution in [-0.4, -0.2) is 11.3 Å². The summed E-state index contributed by atoms with van der Waals surface area (Å²) in [6.07, 6.45) is -1.04. The molecule has 0 saturated heterocycles. The van der Waals surface area contributed by atoms with E-state index in [0.717, 1.165) is 24.2 Å². The topological polar surface area (TPSA) is 34.1 Å². The van der Waals surface area contributed by atoms with Crippen LogP contribution in [0.4, 0.5) is 18.9 Å². The van der Waals surface area contributed by atoms with Gasteiger partial charge in [0.2, 0.25) is 0 Å². The second-order valence-corrected chi connectivity index (χ2v) is 4.86. The van der Waals surface area contributed by atoms with Crippen molar-refractivity contribution in [2.24, 2.45) is 0 Å². The zero-order valence-electron chi connectivity index (χ0n) is 11.0. The fourth-order valence-corrected chi connectivity index (χ4v) is 2.51. The predicted molar refractivity (Wildman–Crippen MR) is 72.0 cm³/mol. The maximum atomic E-state index is 12.1. The number of nitrogens with one attached hydrogen (secondary N) is 1. The largest absolute Gasteiger partial charge is 0.573 e. The minimum Gasteiger partial charge on any atom is -0.406 e. The molecule has 0 aliphatic heterocycles. The molecule has 3 rings (SSSR count). The van der Waals surface area contributed by atoms with E-state index in [1.165, 1.54) is 17.7 Å². The van der Waals surface area contributed by atoms with Crippen LogP contribution in [0.5, 0.6) is 5.75 Å². The molecular weight excluding hydrogens is 281 g/mol. The van der Waals surface area contributed by atoms with E-state index in [1.54, 1.807) is 18.3 Å². The molecule has 110 valence electrons. The summed E-state index contributed by atoms with van der Waals surface area (Å²) < 4.78 is 40.1. The van der Waals surface area contributed by atoms with Gasteiger partial charge in [-0.1, -0.05) is 6.07 Å². The lowest BCUT2D eigenvalue weighted by Gasteiger charge is -2.15. The van der Waals surface area contributed by atoms with E-state index in [1.807, 2.05) is 12.1 Å². The number of fused-ring (bicyclic) bond motifs is 1. The highest BCUT2D eigenvalue weighted by atomic mass is 19.4. The van der Waals surface area contributed by atoms with Crippen LogP contribution in [0.2, 0.25) is 0 Å². The lowest BCUT2D eigenvalue weighted by molar-refractivity contribution is -0.274. The lowest BCUT2D eigenvalue weighted by Crippen LogP contribution is -2.17. The SMILES string of the molecule is FC(F)(F)Oc1ccc(NC2CCc3cccnc32)cc1. The molecule has 0 saturated carbocycles. The number of hydrogen-bond acceptors (Lipinski definition) is 3. The number of halogens is 3. The fourth-order valence-electron chi connectivity index (χ4n) is 2.51. The number of aryl methyl sites for hydroxylation is 1. The summed E-state index contributed by atoms with van der Waals surface area (Å²) in [6, 6.07) is 9.78. The van der Waals surface area contributed by atoms with E-state index >= 15 is 0 Å². The summed E-state index contributed by atoms with van der Waals surface area (Å²) in [5.74, 6) is -0.224. The van der Waals surface area contributed by atoms with Gasteiger partial charge in [-0.3, -0.25) is 4.98 Å². The summed E-state index contributed by atoms with van der Waals surface area (Å²) >= 11 is 0. The Morgan fingerprint density at radius 2 is 1.90 bits per heavy atom. The van der Waals surface area contributed by atoms with Crippen LogP contribution < -0.4 is 10.1 Å². The first-order valence-corrected chi connectivity index (χ1v) is 6.57. The molecule has 0 fully saturated rings. The van der Waals surface area contributed by atoms with Gasteiger partial charge in [-0.25, -0.2) is 0 Å². The van der Waals surface area contributed by atoms with Crippen molar-refractivity contribution in [1.29, 1.82) is 0 Å². The van der Waals surface area contributed by atoms with Crippen LogP contribution in [0, 0.1) is 0 Å². The van der Waals surface area contributed by atoms with E-state index in [9.17, 15) is 13.2 Å². The van der Waals surface area contributed by atoms with E-state index in [-0.39, 0.29) is 11.8 Å². The Kier molecular flexibility index (Phi) is 3.45. The Hall–Kier alpha value is -2.24. The molecule has 0 spiro atoms. The van der Waals surface area contributed by atoms with E-state index in [0.29, 0.717) is 0 Å². The molecule has 6 heteroatoms. The van der Waals surface area contributed by atoms with Crippen molar-refractivity contribution in [3.8, 4) is 5.75 Å². The average Bonchev–Trinajstić information content (AvgIpc) is 2.83. The first-order valence-electron chi connectivity index (χ1n) is 6.57. The van der Waals surface area contributed by atoms with Gasteiger partial charge in [0.15, 0.2) is 0 Å². The summed E-state index contributed by atoms with van der Waals surface area (Å²) in [7, 11) is 0. The van der Waals surface area contributed by atoms with Crippen LogP contribution in [-0.2, 0) is 6.42 Å². The molecule has 1 aromatic heterocycles. The third-order valence-electron chi connectivity index (χ3n) is 3.39. The summed E-state index contributed by atoms with van der Waals surface area (Å²) in [4.78, 5) is 4.37. The molecule has 1 aromatic carbocycles. The number of alkyl halides is 3. The van der Waals surface area contributed by atoms with Crippen molar-refractivity contribution in [2.45, 2.75) is 25.2 Å². The summed E-state index contributed by atoms with van der Waals surface area (Å²) in [6.45, 7) is 0. The van der Waals surface area contributed by atoms with Crippen molar-refractivity contribution in [3.05, 3.63) is 53.9 Å². The van der Waals surface area contributed by atoms with Crippen LogP contribution in [0.1, 0.15) is 23.7 Å². The smallest absolute Gasteiger partial charge is 0.406 e. The molecular formula is C15H13F3N2O. The molecule has 21 heavy (non-hydrogen) atoms. The number of nitrogens with zero attached hydrogens (tertiary/aromatic N) is 1. The minimum absolute atomic E-state index is 0.0931. The third-order valence-corrected chi connectivity index (χ3v) is 3.39. The maximum absolute atomic E-state index is 12.1. The quantitative estimate of drug-likeness (QED) is 0.926. The second-order valence-electron chi connectivity index (χ2n) is 4.86. The highest BCUT2D eigenvalue weighted by Crippen LogP contribution is 2.32. The standard InChI is InChI=1S/C15H13F3N2O/c16-15(17,18)21-12-6-4-11(5-7-12)20-13-8-3-10-2-1-9-19-14(10)13/h1-2,4-7,9,13,20H,3,8H2. The predicted octanol–water partition coefficient (Wildman–Crippen LogP) is 4.08. The first-order chi connectivity index (χ1) is 10.0. The van der Waals surface area contributed by atoms with Gasteiger partial charge in [0.1, 0.15) is 5.75 Å². The second kappa shape index (κ2) is 5.27. The van der Waals surface area contributed by atoms with Crippen molar-refractivity contribution in [2.75, 3.05) is 5.32 Å². The van der Waals surface area contributed by atoms with Crippen LogP contribution in [0.15, 0.2) is 42.6 Å². The van der Waals surface area contributed by atoms with Crippen molar-refractivity contribution < 1.29 is 17.9 Å². The molecule has 2 aromatic rings. The highest BCUT2D eigenvalue weighted by Gasteiger charge is 2.31. The number of ether oxygens (including phenoxy) is 1. The van der Waals surface area contributed by atoms with Crippen LogP contribution >= 0.6 is 0 Å². The third kappa shape index (κ3) is 3.26. The molecule has 3 nitrogen and oxygen atoms in total. The molecule has 1 heterocycles. The Balaban J connectivity index is 1.69.